The van der Waals surface area contributed by atoms with Crippen molar-refractivity contribution in [1.29, 1.82) is 0 Å². The fraction of sp³-hybridized carbons (Fsp3) is 0.417. The van der Waals surface area contributed by atoms with Crippen LogP contribution in [-0.2, 0) is 4.79 Å². The Bertz CT molecular complexity index is 475. The molecule has 7 heteroatoms. The van der Waals surface area contributed by atoms with E-state index >= 15 is 0 Å². The SMILES string of the molecule is CCOc1cccc(NC(C)CC(=O)O)c1[N+](=O)[O-]. The first-order valence-corrected chi connectivity index (χ1v) is 5.84. The zero-order valence-electron chi connectivity index (χ0n) is 10.8. The van der Waals surface area contributed by atoms with Crippen LogP contribution in [0.5, 0.6) is 5.75 Å². The average molecular weight is 268 g/mol. The number of benzene rings is 1. The lowest BCUT2D eigenvalue weighted by atomic mass is 10.2. The second kappa shape index (κ2) is 6.58. The Labute approximate surface area is 110 Å². The molecule has 0 saturated heterocycles. The molecule has 19 heavy (non-hydrogen) atoms. The first-order valence-electron chi connectivity index (χ1n) is 5.84. The Morgan fingerprint density at radius 1 is 1.58 bits per heavy atom. The number of para-hydroxylation sites is 1. The van der Waals surface area contributed by atoms with Gasteiger partial charge in [-0.2, -0.15) is 0 Å². The molecule has 0 radical (unpaired) electrons. The van der Waals surface area contributed by atoms with Gasteiger partial charge in [-0.25, -0.2) is 0 Å². The molecule has 0 fully saturated rings. The van der Waals surface area contributed by atoms with Crippen molar-refractivity contribution in [2.45, 2.75) is 26.3 Å². The van der Waals surface area contributed by atoms with Gasteiger partial charge in [0, 0.05) is 6.04 Å². The maximum Gasteiger partial charge on any atom is 0.333 e. The van der Waals surface area contributed by atoms with Crippen LogP contribution in [0.1, 0.15) is 20.3 Å². The number of anilines is 1. The normalized spacial score (nSPS) is 11.7. The van der Waals surface area contributed by atoms with E-state index in [-0.39, 0.29) is 23.5 Å². The highest BCUT2D eigenvalue weighted by atomic mass is 16.6. The number of rotatable bonds is 7. The highest BCUT2D eigenvalue weighted by molar-refractivity contribution is 5.71. The largest absolute Gasteiger partial charge is 0.487 e. The number of nitro groups is 1. The fourth-order valence-electron chi connectivity index (χ4n) is 1.68. The standard InChI is InChI=1S/C12H16N2O5/c1-3-19-10-6-4-5-9(12(10)14(17)18)13-8(2)7-11(15)16/h4-6,8,13H,3,7H2,1-2H3,(H,15,16). The lowest BCUT2D eigenvalue weighted by Crippen LogP contribution is -2.20. The summed E-state index contributed by atoms with van der Waals surface area (Å²) in [6, 6.07) is 4.23. The molecule has 1 rings (SSSR count). The van der Waals surface area contributed by atoms with E-state index in [9.17, 15) is 14.9 Å². The van der Waals surface area contributed by atoms with E-state index in [0.717, 1.165) is 0 Å². The summed E-state index contributed by atoms with van der Waals surface area (Å²) in [5.41, 5.74) is 0.0753. The van der Waals surface area contributed by atoms with Gasteiger partial charge in [0.25, 0.3) is 0 Å². The molecule has 104 valence electrons. The third-order valence-corrected chi connectivity index (χ3v) is 2.36. The third-order valence-electron chi connectivity index (χ3n) is 2.36. The van der Waals surface area contributed by atoms with Crippen molar-refractivity contribution in [3.05, 3.63) is 28.3 Å². The summed E-state index contributed by atoms with van der Waals surface area (Å²) in [7, 11) is 0. The Kier molecular flexibility index (Phi) is 5.11. The molecule has 0 heterocycles. The molecule has 1 atom stereocenters. The molecule has 1 aromatic rings. The summed E-state index contributed by atoms with van der Waals surface area (Å²) in [5, 5.41) is 22.6. The Morgan fingerprint density at radius 3 is 2.79 bits per heavy atom. The topological polar surface area (TPSA) is 102 Å². The molecule has 0 aliphatic heterocycles. The first kappa shape index (κ1) is 14.7. The van der Waals surface area contributed by atoms with E-state index in [1.54, 1.807) is 19.9 Å². The molecule has 0 amide bonds. The molecule has 0 spiro atoms. The van der Waals surface area contributed by atoms with Crippen LogP contribution in [0.2, 0.25) is 0 Å². The van der Waals surface area contributed by atoms with Gasteiger partial charge in [0.1, 0.15) is 5.69 Å². The van der Waals surface area contributed by atoms with E-state index < -0.39 is 16.9 Å². The van der Waals surface area contributed by atoms with Gasteiger partial charge in [0.05, 0.1) is 18.0 Å². The van der Waals surface area contributed by atoms with Gasteiger partial charge in [-0.1, -0.05) is 6.07 Å². The van der Waals surface area contributed by atoms with Crippen LogP contribution in [0.3, 0.4) is 0 Å². The predicted octanol–water partition coefficient (Wildman–Crippen LogP) is 2.27. The highest BCUT2D eigenvalue weighted by Crippen LogP contribution is 2.35. The molecule has 1 unspecified atom stereocenters. The van der Waals surface area contributed by atoms with Gasteiger partial charge in [0.15, 0.2) is 5.75 Å². The molecule has 0 aliphatic carbocycles. The number of nitrogens with zero attached hydrogens (tertiary/aromatic N) is 1. The van der Waals surface area contributed by atoms with Crippen LogP contribution in [0, 0.1) is 10.1 Å². The maximum absolute atomic E-state index is 11.1. The number of hydrogen-bond acceptors (Lipinski definition) is 5. The molecule has 2 N–H and O–H groups in total. The van der Waals surface area contributed by atoms with Gasteiger partial charge in [-0.3, -0.25) is 14.9 Å². The zero-order valence-corrected chi connectivity index (χ0v) is 10.8. The zero-order chi connectivity index (χ0) is 14.4. The summed E-state index contributed by atoms with van der Waals surface area (Å²) in [4.78, 5) is 21.1. The molecule has 1 aromatic carbocycles. The van der Waals surface area contributed by atoms with Gasteiger partial charge >= 0.3 is 11.7 Å². The van der Waals surface area contributed by atoms with Gasteiger partial charge in [-0.15, -0.1) is 0 Å². The molecule has 0 aromatic heterocycles. The molecule has 0 bridgehead atoms. The summed E-state index contributed by atoms with van der Waals surface area (Å²) in [6.45, 7) is 3.69. The number of hydrogen-bond donors (Lipinski definition) is 2. The Balaban J connectivity index is 3.02. The third kappa shape index (κ3) is 4.13. The van der Waals surface area contributed by atoms with Crippen LogP contribution >= 0.6 is 0 Å². The number of carboxylic acid groups (broad SMARTS) is 1. The summed E-state index contributed by atoms with van der Waals surface area (Å²) in [6.07, 6.45) is -0.129. The van der Waals surface area contributed by atoms with Gasteiger partial charge in [-0.05, 0) is 26.0 Å². The maximum atomic E-state index is 11.1. The molecule has 0 saturated carbocycles. The number of aliphatic carboxylic acids is 1. The number of carbonyl (C=O) groups is 1. The van der Waals surface area contributed by atoms with Crippen LogP contribution in [0.25, 0.3) is 0 Å². The number of nitrogens with one attached hydrogen (secondary N) is 1. The Hall–Kier alpha value is -2.31. The van der Waals surface area contributed by atoms with Gasteiger partial charge < -0.3 is 15.2 Å². The molecular weight excluding hydrogens is 252 g/mol. The minimum atomic E-state index is -0.969. The van der Waals surface area contributed by atoms with E-state index in [0.29, 0.717) is 6.61 Å². The average Bonchev–Trinajstić information content (AvgIpc) is 2.27. The van der Waals surface area contributed by atoms with E-state index in [2.05, 4.69) is 5.32 Å². The van der Waals surface area contributed by atoms with Crippen LogP contribution in [-0.4, -0.2) is 28.6 Å². The monoisotopic (exact) mass is 268 g/mol. The Morgan fingerprint density at radius 2 is 2.26 bits per heavy atom. The minimum absolute atomic E-state index is 0.129. The van der Waals surface area contributed by atoms with Crippen LogP contribution in [0.15, 0.2) is 18.2 Å². The van der Waals surface area contributed by atoms with Crippen molar-refractivity contribution in [2.75, 3.05) is 11.9 Å². The smallest absolute Gasteiger partial charge is 0.333 e. The lowest BCUT2D eigenvalue weighted by Gasteiger charge is -2.14. The van der Waals surface area contributed by atoms with Crippen molar-refractivity contribution >= 4 is 17.3 Å². The number of ether oxygens (including phenoxy) is 1. The van der Waals surface area contributed by atoms with E-state index in [1.807, 2.05) is 0 Å². The van der Waals surface area contributed by atoms with Gasteiger partial charge in [0.2, 0.25) is 0 Å². The van der Waals surface area contributed by atoms with Crippen molar-refractivity contribution in [2.24, 2.45) is 0 Å². The summed E-state index contributed by atoms with van der Waals surface area (Å²) < 4.78 is 5.20. The van der Waals surface area contributed by atoms with Crippen molar-refractivity contribution in [3.8, 4) is 5.75 Å². The first-order chi connectivity index (χ1) is 8.95. The predicted molar refractivity (Wildman–Crippen MR) is 69.6 cm³/mol. The van der Waals surface area contributed by atoms with Crippen molar-refractivity contribution in [1.82, 2.24) is 0 Å². The summed E-state index contributed by atoms with van der Waals surface area (Å²) in [5.74, 6) is -0.802. The minimum Gasteiger partial charge on any atom is -0.487 e. The number of nitro benzene ring substituents is 1. The number of carboxylic acids is 1. The van der Waals surface area contributed by atoms with Crippen molar-refractivity contribution in [3.63, 3.8) is 0 Å². The van der Waals surface area contributed by atoms with E-state index in [4.69, 9.17) is 9.84 Å². The highest BCUT2D eigenvalue weighted by Gasteiger charge is 2.22. The summed E-state index contributed by atoms with van der Waals surface area (Å²) >= 11 is 0. The lowest BCUT2D eigenvalue weighted by molar-refractivity contribution is -0.385. The van der Waals surface area contributed by atoms with E-state index in [1.165, 1.54) is 12.1 Å². The molecule has 0 aliphatic rings. The van der Waals surface area contributed by atoms with Crippen molar-refractivity contribution < 1.29 is 19.6 Å². The quantitative estimate of drug-likeness (QED) is 0.581. The van der Waals surface area contributed by atoms with Crippen LogP contribution in [0.4, 0.5) is 11.4 Å². The molecule has 7 nitrogen and oxygen atoms in total. The van der Waals surface area contributed by atoms with Crippen LogP contribution < -0.4 is 10.1 Å². The second-order valence-electron chi connectivity index (χ2n) is 3.99. The molecular formula is C12H16N2O5. The fourth-order valence-corrected chi connectivity index (χ4v) is 1.68. The second-order valence-corrected chi connectivity index (χ2v) is 3.99.